The molecule has 0 aliphatic heterocycles. The molecule has 1 rings (SSSR count). The molecular formula is C17H33NO. The van der Waals surface area contributed by atoms with Gasteiger partial charge in [0, 0.05) is 12.6 Å². The molecule has 1 fully saturated rings. The summed E-state index contributed by atoms with van der Waals surface area (Å²) in [6, 6.07) is 0.695. The highest BCUT2D eigenvalue weighted by molar-refractivity contribution is 4.87. The summed E-state index contributed by atoms with van der Waals surface area (Å²) in [5, 5.41) is 3.65. The summed E-state index contributed by atoms with van der Waals surface area (Å²) in [6.45, 7) is 15.5. The van der Waals surface area contributed by atoms with Crippen LogP contribution in [0, 0.1) is 11.3 Å². The molecule has 0 aromatic carbocycles. The van der Waals surface area contributed by atoms with Crippen molar-refractivity contribution in [3.05, 3.63) is 12.2 Å². The number of ether oxygens (including phenoxy) is 1. The third kappa shape index (κ3) is 7.12. The van der Waals surface area contributed by atoms with Gasteiger partial charge < -0.3 is 10.1 Å². The van der Waals surface area contributed by atoms with Crippen molar-refractivity contribution in [2.75, 3.05) is 19.8 Å². The normalized spacial score (nSPS) is 25.1. The second-order valence-electron chi connectivity index (χ2n) is 7.23. The van der Waals surface area contributed by atoms with E-state index in [0.29, 0.717) is 18.1 Å². The molecule has 0 amide bonds. The van der Waals surface area contributed by atoms with Gasteiger partial charge in [0.2, 0.25) is 0 Å². The summed E-state index contributed by atoms with van der Waals surface area (Å²) in [5.41, 5.74) is 1.57. The van der Waals surface area contributed by atoms with Gasteiger partial charge in [0.1, 0.15) is 0 Å². The molecule has 1 aliphatic rings. The lowest BCUT2D eigenvalue weighted by Crippen LogP contribution is -2.32. The molecule has 0 heterocycles. The minimum atomic E-state index is 0.472. The Morgan fingerprint density at radius 2 is 1.95 bits per heavy atom. The summed E-state index contributed by atoms with van der Waals surface area (Å²) < 4.78 is 5.53. The van der Waals surface area contributed by atoms with Crippen molar-refractivity contribution < 1.29 is 4.74 Å². The Hall–Kier alpha value is -0.340. The first-order valence-corrected chi connectivity index (χ1v) is 7.85. The van der Waals surface area contributed by atoms with Gasteiger partial charge in [-0.1, -0.05) is 39.3 Å². The Balaban J connectivity index is 2.17. The van der Waals surface area contributed by atoms with Crippen LogP contribution in [0.2, 0.25) is 0 Å². The molecule has 0 radical (unpaired) electrons. The Morgan fingerprint density at radius 1 is 1.21 bits per heavy atom. The standard InChI is InChI=1S/C17H33NO/c1-14(2)13-19-12-11-18-16-8-6-7-15(9-10-16)17(3,4)5/h15-16,18H,1,6-13H2,2-5H3. The molecule has 2 nitrogen and oxygen atoms in total. The molecule has 0 aromatic rings. The van der Waals surface area contributed by atoms with E-state index in [1.807, 2.05) is 6.92 Å². The van der Waals surface area contributed by atoms with E-state index < -0.39 is 0 Å². The van der Waals surface area contributed by atoms with Gasteiger partial charge in [-0.15, -0.1) is 0 Å². The molecule has 0 saturated heterocycles. The first kappa shape index (κ1) is 16.7. The molecule has 0 bridgehead atoms. The molecule has 1 saturated carbocycles. The van der Waals surface area contributed by atoms with Crippen molar-refractivity contribution in [2.24, 2.45) is 11.3 Å². The van der Waals surface area contributed by atoms with Gasteiger partial charge in [-0.25, -0.2) is 0 Å². The number of hydrogen-bond donors (Lipinski definition) is 1. The lowest BCUT2D eigenvalue weighted by atomic mass is 9.76. The van der Waals surface area contributed by atoms with Crippen LogP contribution in [0.4, 0.5) is 0 Å². The van der Waals surface area contributed by atoms with Gasteiger partial charge in [0.25, 0.3) is 0 Å². The van der Waals surface area contributed by atoms with Crippen LogP contribution in [0.3, 0.4) is 0 Å². The Labute approximate surface area is 120 Å². The van der Waals surface area contributed by atoms with E-state index in [0.717, 1.165) is 24.6 Å². The van der Waals surface area contributed by atoms with E-state index in [1.54, 1.807) is 0 Å². The smallest absolute Gasteiger partial charge is 0.0672 e. The van der Waals surface area contributed by atoms with Crippen molar-refractivity contribution in [1.82, 2.24) is 5.32 Å². The SMILES string of the molecule is C=C(C)COCCNC1CCCC(C(C)(C)C)CC1. The average Bonchev–Trinajstić information content (AvgIpc) is 2.53. The third-order valence-corrected chi connectivity index (χ3v) is 4.22. The van der Waals surface area contributed by atoms with Crippen LogP contribution in [0.1, 0.15) is 59.8 Å². The average molecular weight is 267 g/mol. The quantitative estimate of drug-likeness (QED) is 0.443. The molecule has 2 unspecified atom stereocenters. The highest BCUT2D eigenvalue weighted by atomic mass is 16.5. The lowest BCUT2D eigenvalue weighted by molar-refractivity contribution is 0.154. The molecule has 2 atom stereocenters. The summed E-state index contributed by atoms with van der Waals surface area (Å²) >= 11 is 0. The first-order valence-electron chi connectivity index (χ1n) is 7.85. The fourth-order valence-corrected chi connectivity index (χ4v) is 2.95. The first-order chi connectivity index (χ1) is 8.89. The lowest BCUT2D eigenvalue weighted by Gasteiger charge is -2.29. The van der Waals surface area contributed by atoms with E-state index in [2.05, 4.69) is 32.7 Å². The third-order valence-electron chi connectivity index (χ3n) is 4.22. The number of hydrogen-bond acceptors (Lipinski definition) is 2. The fourth-order valence-electron chi connectivity index (χ4n) is 2.95. The van der Waals surface area contributed by atoms with E-state index in [9.17, 15) is 0 Å². The van der Waals surface area contributed by atoms with E-state index in [1.165, 1.54) is 32.1 Å². The maximum atomic E-state index is 5.53. The van der Waals surface area contributed by atoms with E-state index in [4.69, 9.17) is 4.74 Å². The molecule has 112 valence electrons. The summed E-state index contributed by atoms with van der Waals surface area (Å²) in [5.74, 6) is 0.888. The van der Waals surface area contributed by atoms with Gasteiger partial charge in [-0.05, 0) is 43.9 Å². The van der Waals surface area contributed by atoms with Crippen LogP contribution in [-0.4, -0.2) is 25.8 Å². The second-order valence-corrected chi connectivity index (χ2v) is 7.23. The maximum absolute atomic E-state index is 5.53. The molecule has 19 heavy (non-hydrogen) atoms. The minimum absolute atomic E-state index is 0.472. The predicted octanol–water partition coefficient (Wildman–Crippen LogP) is 4.16. The van der Waals surface area contributed by atoms with Crippen LogP contribution in [0.5, 0.6) is 0 Å². The van der Waals surface area contributed by atoms with E-state index >= 15 is 0 Å². The van der Waals surface area contributed by atoms with Crippen LogP contribution in [-0.2, 0) is 4.74 Å². The molecule has 0 spiro atoms. The summed E-state index contributed by atoms with van der Waals surface area (Å²) in [7, 11) is 0. The van der Waals surface area contributed by atoms with Gasteiger partial charge in [-0.2, -0.15) is 0 Å². The maximum Gasteiger partial charge on any atom is 0.0672 e. The van der Waals surface area contributed by atoms with Crippen LogP contribution >= 0.6 is 0 Å². The van der Waals surface area contributed by atoms with Crippen molar-refractivity contribution in [2.45, 2.75) is 65.8 Å². The van der Waals surface area contributed by atoms with Gasteiger partial charge in [-0.3, -0.25) is 0 Å². The van der Waals surface area contributed by atoms with Crippen molar-refractivity contribution in [3.63, 3.8) is 0 Å². The number of nitrogens with one attached hydrogen (secondary N) is 1. The molecule has 1 aliphatic carbocycles. The fraction of sp³-hybridized carbons (Fsp3) is 0.882. The van der Waals surface area contributed by atoms with Crippen LogP contribution in [0.15, 0.2) is 12.2 Å². The molecule has 0 aromatic heterocycles. The highest BCUT2D eigenvalue weighted by Crippen LogP contribution is 2.36. The largest absolute Gasteiger partial charge is 0.376 e. The van der Waals surface area contributed by atoms with E-state index in [-0.39, 0.29) is 0 Å². The number of rotatable bonds is 6. The molecule has 2 heteroatoms. The molecule has 1 N–H and O–H groups in total. The Bertz CT molecular complexity index is 267. The second kappa shape index (κ2) is 8.06. The van der Waals surface area contributed by atoms with Crippen molar-refractivity contribution in [1.29, 1.82) is 0 Å². The van der Waals surface area contributed by atoms with Gasteiger partial charge in [0.15, 0.2) is 0 Å². The topological polar surface area (TPSA) is 21.3 Å². The summed E-state index contributed by atoms with van der Waals surface area (Å²) in [6.07, 6.45) is 6.78. The zero-order valence-corrected chi connectivity index (χ0v) is 13.4. The zero-order valence-electron chi connectivity index (χ0n) is 13.4. The minimum Gasteiger partial charge on any atom is -0.376 e. The van der Waals surface area contributed by atoms with Crippen molar-refractivity contribution in [3.8, 4) is 0 Å². The Kier molecular flexibility index (Phi) is 7.09. The van der Waals surface area contributed by atoms with Crippen LogP contribution < -0.4 is 5.32 Å². The predicted molar refractivity (Wildman–Crippen MR) is 83.5 cm³/mol. The Morgan fingerprint density at radius 3 is 2.58 bits per heavy atom. The van der Waals surface area contributed by atoms with Gasteiger partial charge in [0.05, 0.1) is 13.2 Å². The molecular weight excluding hydrogens is 234 g/mol. The summed E-state index contributed by atoms with van der Waals surface area (Å²) in [4.78, 5) is 0. The highest BCUT2D eigenvalue weighted by Gasteiger charge is 2.27. The van der Waals surface area contributed by atoms with Crippen LogP contribution in [0.25, 0.3) is 0 Å². The zero-order chi connectivity index (χ0) is 14.3. The van der Waals surface area contributed by atoms with Crippen molar-refractivity contribution >= 4 is 0 Å². The van der Waals surface area contributed by atoms with Gasteiger partial charge >= 0.3 is 0 Å². The monoisotopic (exact) mass is 267 g/mol.